The van der Waals surface area contributed by atoms with E-state index in [1.54, 1.807) is 11.8 Å². The van der Waals surface area contributed by atoms with E-state index in [2.05, 4.69) is 38.7 Å². The normalized spacial score (nSPS) is 19.0. The molecule has 0 spiro atoms. The van der Waals surface area contributed by atoms with Crippen LogP contribution in [0.5, 0.6) is 0 Å². The van der Waals surface area contributed by atoms with Gasteiger partial charge in [0, 0.05) is 30.2 Å². The van der Waals surface area contributed by atoms with Gasteiger partial charge < -0.3 is 4.90 Å². The molecule has 1 saturated heterocycles. The number of carbonyl (C=O) groups excluding carboxylic acids is 1. The molecule has 1 heterocycles. The number of carbonyl (C=O) groups is 1. The first-order valence-electron chi connectivity index (χ1n) is 7.82. The zero-order valence-corrected chi connectivity index (χ0v) is 15.3. The van der Waals surface area contributed by atoms with Gasteiger partial charge in [-0.3, -0.25) is 9.69 Å². The van der Waals surface area contributed by atoms with Gasteiger partial charge in [-0.05, 0) is 45.4 Å². The Hall–Kier alpha value is -0.710. The zero-order chi connectivity index (χ0) is 16.3. The van der Waals surface area contributed by atoms with Crippen molar-refractivity contribution in [3.05, 3.63) is 34.9 Å². The summed E-state index contributed by atoms with van der Waals surface area (Å²) in [6.45, 7) is 10.5. The second kappa shape index (κ2) is 7.71. The fourth-order valence-electron chi connectivity index (χ4n) is 2.97. The summed E-state index contributed by atoms with van der Waals surface area (Å²) in [7, 11) is 0. The van der Waals surface area contributed by atoms with Crippen LogP contribution in [0.15, 0.2) is 24.3 Å². The molecular weight excluding hydrogens is 316 g/mol. The van der Waals surface area contributed by atoms with Crippen molar-refractivity contribution < 1.29 is 4.79 Å². The fraction of sp³-hybridized carbons (Fsp3) is 0.588. The molecule has 2 rings (SSSR count). The van der Waals surface area contributed by atoms with Crippen molar-refractivity contribution in [3.63, 3.8) is 0 Å². The third-order valence-corrected chi connectivity index (χ3v) is 5.52. The minimum absolute atomic E-state index is 0.0902. The van der Waals surface area contributed by atoms with Gasteiger partial charge in [0.05, 0.1) is 5.75 Å². The molecule has 1 aromatic carbocycles. The van der Waals surface area contributed by atoms with Crippen molar-refractivity contribution in [1.29, 1.82) is 0 Å². The Labute approximate surface area is 143 Å². The standard InChI is InChI=1S/C17H25ClN2OS/c1-12(2)19(13(3)4)8-9-20-16(21)11-22-17(20)14-6-5-7-15(18)10-14/h5-7,10,12-13,17H,8-9,11H2,1-4H3. The lowest BCUT2D eigenvalue weighted by atomic mass is 10.2. The van der Waals surface area contributed by atoms with Crippen molar-refractivity contribution in [1.82, 2.24) is 9.80 Å². The Morgan fingerprint density at radius 1 is 1.32 bits per heavy atom. The molecular formula is C17H25ClN2OS. The average molecular weight is 341 g/mol. The first kappa shape index (κ1) is 17.6. The zero-order valence-electron chi connectivity index (χ0n) is 13.8. The average Bonchev–Trinajstić information content (AvgIpc) is 2.80. The summed E-state index contributed by atoms with van der Waals surface area (Å²) >= 11 is 7.79. The Bertz CT molecular complexity index is 513. The molecule has 1 aliphatic rings. The van der Waals surface area contributed by atoms with Gasteiger partial charge in [-0.2, -0.15) is 0 Å². The highest BCUT2D eigenvalue weighted by Crippen LogP contribution is 2.39. The summed E-state index contributed by atoms with van der Waals surface area (Å²) < 4.78 is 0. The minimum atomic E-state index is 0.0902. The molecule has 1 atom stereocenters. The fourth-order valence-corrected chi connectivity index (χ4v) is 4.38. The number of hydrogen-bond acceptors (Lipinski definition) is 3. The van der Waals surface area contributed by atoms with Gasteiger partial charge in [-0.15, -0.1) is 11.8 Å². The smallest absolute Gasteiger partial charge is 0.233 e. The van der Waals surface area contributed by atoms with E-state index in [0.717, 1.165) is 23.7 Å². The first-order valence-corrected chi connectivity index (χ1v) is 9.25. The molecule has 1 fully saturated rings. The summed E-state index contributed by atoms with van der Waals surface area (Å²) in [4.78, 5) is 16.7. The van der Waals surface area contributed by atoms with Gasteiger partial charge in [0.15, 0.2) is 0 Å². The SMILES string of the molecule is CC(C)N(CCN1C(=O)CSC1c1cccc(Cl)c1)C(C)C. The molecule has 0 aromatic heterocycles. The number of halogens is 1. The molecule has 0 N–H and O–H groups in total. The molecule has 1 unspecified atom stereocenters. The van der Waals surface area contributed by atoms with E-state index in [1.165, 1.54) is 0 Å². The van der Waals surface area contributed by atoms with Crippen LogP contribution in [0.3, 0.4) is 0 Å². The molecule has 0 saturated carbocycles. The van der Waals surface area contributed by atoms with E-state index >= 15 is 0 Å². The van der Waals surface area contributed by atoms with Crippen molar-refractivity contribution in [2.75, 3.05) is 18.8 Å². The van der Waals surface area contributed by atoms with Crippen molar-refractivity contribution in [3.8, 4) is 0 Å². The molecule has 1 aliphatic heterocycles. The van der Waals surface area contributed by atoms with Crippen molar-refractivity contribution in [2.45, 2.75) is 45.2 Å². The van der Waals surface area contributed by atoms with E-state index in [9.17, 15) is 4.79 Å². The van der Waals surface area contributed by atoms with E-state index in [4.69, 9.17) is 11.6 Å². The van der Waals surface area contributed by atoms with Gasteiger partial charge >= 0.3 is 0 Å². The first-order chi connectivity index (χ1) is 10.4. The summed E-state index contributed by atoms with van der Waals surface area (Å²) in [5.74, 6) is 0.781. The maximum absolute atomic E-state index is 12.2. The number of amides is 1. The van der Waals surface area contributed by atoms with Gasteiger partial charge in [-0.1, -0.05) is 23.7 Å². The van der Waals surface area contributed by atoms with Crippen molar-refractivity contribution in [2.24, 2.45) is 0 Å². The number of rotatable bonds is 6. The molecule has 22 heavy (non-hydrogen) atoms. The van der Waals surface area contributed by atoms with Crippen LogP contribution in [0.4, 0.5) is 0 Å². The molecule has 0 aliphatic carbocycles. The third kappa shape index (κ3) is 4.18. The Morgan fingerprint density at radius 2 is 2.00 bits per heavy atom. The molecule has 122 valence electrons. The maximum Gasteiger partial charge on any atom is 0.233 e. The predicted molar refractivity (Wildman–Crippen MR) is 95.3 cm³/mol. The molecule has 1 amide bonds. The lowest BCUT2D eigenvalue weighted by Gasteiger charge is -2.33. The van der Waals surface area contributed by atoms with Gasteiger partial charge in [0.1, 0.15) is 5.37 Å². The van der Waals surface area contributed by atoms with Crippen LogP contribution in [0.1, 0.15) is 38.6 Å². The van der Waals surface area contributed by atoms with Gasteiger partial charge in [0.2, 0.25) is 5.91 Å². The van der Waals surface area contributed by atoms with Crippen LogP contribution in [-0.2, 0) is 4.79 Å². The molecule has 0 bridgehead atoms. The summed E-state index contributed by atoms with van der Waals surface area (Å²) in [6, 6.07) is 8.81. The lowest BCUT2D eigenvalue weighted by molar-refractivity contribution is -0.128. The lowest BCUT2D eigenvalue weighted by Crippen LogP contribution is -2.43. The molecule has 1 aromatic rings. The second-order valence-corrected chi connectivity index (χ2v) is 7.74. The van der Waals surface area contributed by atoms with Crippen LogP contribution in [0, 0.1) is 0 Å². The minimum Gasteiger partial charge on any atom is -0.325 e. The highest BCUT2D eigenvalue weighted by atomic mass is 35.5. The molecule has 3 nitrogen and oxygen atoms in total. The van der Waals surface area contributed by atoms with Crippen LogP contribution in [0.25, 0.3) is 0 Å². The van der Waals surface area contributed by atoms with Crippen LogP contribution >= 0.6 is 23.4 Å². The maximum atomic E-state index is 12.2. The van der Waals surface area contributed by atoms with Crippen LogP contribution in [-0.4, -0.2) is 46.6 Å². The second-order valence-electron chi connectivity index (χ2n) is 6.23. The van der Waals surface area contributed by atoms with E-state index in [-0.39, 0.29) is 11.3 Å². The molecule has 5 heteroatoms. The predicted octanol–water partition coefficient (Wildman–Crippen LogP) is 4.03. The van der Waals surface area contributed by atoms with E-state index in [1.807, 2.05) is 23.1 Å². The summed E-state index contributed by atoms with van der Waals surface area (Å²) in [5, 5.41) is 0.816. The number of hydrogen-bond donors (Lipinski definition) is 0. The highest BCUT2D eigenvalue weighted by molar-refractivity contribution is 8.00. The monoisotopic (exact) mass is 340 g/mol. The largest absolute Gasteiger partial charge is 0.325 e. The Balaban J connectivity index is 2.08. The molecule has 0 radical (unpaired) electrons. The van der Waals surface area contributed by atoms with Crippen LogP contribution in [0.2, 0.25) is 5.02 Å². The van der Waals surface area contributed by atoms with Crippen LogP contribution < -0.4 is 0 Å². The topological polar surface area (TPSA) is 23.6 Å². The summed E-state index contributed by atoms with van der Waals surface area (Å²) in [5.41, 5.74) is 1.11. The Kier molecular flexibility index (Phi) is 6.18. The number of nitrogens with zero attached hydrogens (tertiary/aromatic N) is 2. The van der Waals surface area contributed by atoms with E-state index < -0.39 is 0 Å². The van der Waals surface area contributed by atoms with Gasteiger partial charge in [0.25, 0.3) is 0 Å². The highest BCUT2D eigenvalue weighted by Gasteiger charge is 2.33. The summed E-state index contributed by atoms with van der Waals surface area (Å²) in [6.07, 6.45) is 0. The number of benzene rings is 1. The third-order valence-electron chi connectivity index (χ3n) is 4.03. The Morgan fingerprint density at radius 3 is 2.59 bits per heavy atom. The number of thioether (sulfide) groups is 1. The van der Waals surface area contributed by atoms with E-state index in [0.29, 0.717) is 17.8 Å². The van der Waals surface area contributed by atoms with Gasteiger partial charge in [-0.25, -0.2) is 0 Å². The quantitative estimate of drug-likeness (QED) is 0.781. The van der Waals surface area contributed by atoms with Crippen molar-refractivity contribution >= 4 is 29.3 Å².